The summed E-state index contributed by atoms with van der Waals surface area (Å²) in [4.78, 5) is 0. The zero-order valence-corrected chi connectivity index (χ0v) is 22.1. The van der Waals surface area contributed by atoms with E-state index in [2.05, 4.69) is 34.6 Å². The van der Waals surface area contributed by atoms with Gasteiger partial charge in [-0.3, -0.25) is 0 Å². The summed E-state index contributed by atoms with van der Waals surface area (Å²) in [5.41, 5.74) is 6.26. The van der Waals surface area contributed by atoms with E-state index in [0.29, 0.717) is 0 Å². The average molecular weight is 560 g/mol. The Morgan fingerprint density at radius 2 is 1.00 bits per heavy atom. The molecule has 0 saturated carbocycles. The Morgan fingerprint density at radius 1 is 0.625 bits per heavy atom. The number of rotatable bonds is 11. The molecule has 0 spiro atoms. The van der Waals surface area contributed by atoms with E-state index in [1.165, 1.54) is 12.8 Å². The molecule has 0 aromatic carbocycles. The van der Waals surface area contributed by atoms with Crippen LogP contribution in [0.2, 0.25) is 3.17 Å². The Balaban J connectivity index is 3.73. The van der Waals surface area contributed by atoms with E-state index in [0.717, 1.165) is 51.4 Å². The second-order valence-electron chi connectivity index (χ2n) is 7.07. The van der Waals surface area contributed by atoms with Crippen LogP contribution in [0.25, 0.3) is 0 Å². The number of halogens is 3. The number of allylic oxidation sites excluding steroid dienone is 4. The molecule has 1 rings (SSSR count). The van der Waals surface area contributed by atoms with E-state index >= 15 is 0 Å². The molecular weight excluding hydrogens is 525 g/mol. The molecule has 0 N–H and O–H groups in total. The van der Waals surface area contributed by atoms with Crippen molar-refractivity contribution in [3.8, 4) is 0 Å². The standard InChI is InChI=1S/C20H35.3ClH.Hf/c1-6-11-16-17(12-7-2)19(14-9-4)20(15-10-5)18(16)13-8-3;;;;/h6-15H2,1-5H3;3*1H;/q;;;;+3/p-3. The summed E-state index contributed by atoms with van der Waals surface area (Å²) in [6, 6.07) is 0. The van der Waals surface area contributed by atoms with Crippen molar-refractivity contribution in [1.29, 1.82) is 0 Å². The molecule has 0 amide bonds. The molecule has 0 heterocycles. The molecule has 1 aliphatic rings. The van der Waals surface area contributed by atoms with Gasteiger partial charge in [0.1, 0.15) is 0 Å². The van der Waals surface area contributed by atoms with Crippen LogP contribution in [0.15, 0.2) is 22.3 Å². The van der Waals surface area contributed by atoms with Crippen molar-refractivity contribution in [3.63, 3.8) is 0 Å². The molecule has 140 valence electrons. The Labute approximate surface area is 165 Å². The van der Waals surface area contributed by atoms with Crippen LogP contribution in [-0.4, -0.2) is 0 Å². The van der Waals surface area contributed by atoms with Gasteiger partial charge in [-0.05, 0) is 0 Å². The van der Waals surface area contributed by atoms with E-state index in [1.807, 2.05) is 0 Å². The fourth-order valence-corrected chi connectivity index (χ4v) is 18.8. The summed E-state index contributed by atoms with van der Waals surface area (Å²) < 4.78 is -0.159. The Bertz CT molecular complexity index is 440. The molecule has 0 saturated heterocycles. The summed E-state index contributed by atoms with van der Waals surface area (Å²) in [5, 5.41) is 0. The number of hydrogen-bond acceptors (Lipinski definition) is 0. The third-order valence-corrected chi connectivity index (χ3v) is 19.7. The Hall–Kier alpha value is 1.22. The van der Waals surface area contributed by atoms with Crippen LogP contribution < -0.4 is 0 Å². The van der Waals surface area contributed by atoms with Crippen molar-refractivity contribution < 1.29 is 16.4 Å². The summed E-state index contributed by atoms with van der Waals surface area (Å²) in [6.45, 7) is 11.3. The SMILES string of the molecule is CCCC1=C(CCC)[C](CCC)([Hf]([Cl])([Cl])[Cl])C(CCC)=C1CCC. The van der Waals surface area contributed by atoms with Crippen molar-refractivity contribution in [2.24, 2.45) is 0 Å². The summed E-state index contributed by atoms with van der Waals surface area (Å²) in [6.07, 6.45) is 11.3. The van der Waals surface area contributed by atoms with E-state index in [1.54, 1.807) is 22.3 Å². The molecule has 24 heavy (non-hydrogen) atoms. The van der Waals surface area contributed by atoms with Crippen LogP contribution in [0.1, 0.15) is 98.8 Å². The zero-order valence-electron chi connectivity index (χ0n) is 16.2. The third kappa shape index (κ3) is 4.55. The molecule has 0 aromatic heterocycles. The van der Waals surface area contributed by atoms with Gasteiger partial charge in [0.05, 0.1) is 0 Å². The molecular formula is C20H35Cl3Hf. The first-order chi connectivity index (χ1) is 11.3. The molecule has 0 aromatic rings. The summed E-state index contributed by atoms with van der Waals surface area (Å²) in [5.74, 6) is 0. The van der Waals surface area contributed by atoms with Crippen molar-refractivity contribution in [1.82, 2.24) is 0 Å². The molecule has 0 nitrogen and oxygen atoms in total. The second kappa shape index (κ2) is 10.5. The zero-order chi connectivity index (χ0) is 18.4. The predicted molar refractivity (Wildman–Crippen MR) is 109 cm³/mol. The summed E-state index contributed by atoms with van der Waals surface area (Å²) >= 11 is -3.94. The van der Waals surface area contributed by atoms with Crippen LogP contribution in [0.3, 0.4) is 0 Å². The van der Waals surface area contributed by atoms with Gasteiger partial charge in [0.15, 0.2) is 0 Å². The fourth-order valence-electron chi connectivity index (χ4n) is 4.55. The van der Waals surface area contributed by atoms with Gasteiger partial charge >= 0.3 is 166 Å². The minimum absolute atomic E-state index is 0.159. The van der Waals surface area contributed by atoms with E-state index in [4.69, 9.17) is 25.7 Å². The normalized spacial score (nSPS) is 18.0. The van der Waals surface area contributed by atoms with Gasteiger partial charge in [0, 0.05) is 0 Å². The van der Waals surface area contributed by atoms with E-state index < -0.39 is 16.4 Å². The average Bonchev–Trinajstić information content (AvgIpc) is 2.73. The van der Waals surface area contributed by atoms with Gasteiger partial charge in [-0.15, -0.1) is 0 Å². The second-order valence-corrected chi connectivity index (χ2v) is 32.4. The monoisotopic (exact) mass is 560 g/mol. The molecule has 0 bridgehead atoms. The first-order valence-corrected chi connectivity index (χ1v) is 25.0. The van der Waals surface area contributed by atoms with Crippen molar-refractivity contribution in [2.45, 2.75) is 102 Å². The van der Waals surface area contributed by atoms with E-state index in [9.17, 15) is 0 Å². The summed E-state index contributed by atoms with van der Waals surface area (Å²) in [7, 11) is 20.9. The van der Waals surface area contributed by atoms with Crippen LogP contribution >= 0.6 is 25.7 Å². The van der Waals surface area contributed by atoms with Crippen molar-refractivity contribution in [3.05, 3.63) is 22.3 Å². The van der Waals surface area contributed by atoms with E-state index in [-0.39, 0.29) is 3.17 Å². The van der Waals surface area contributed by atoms with Gasteiger partial charge in [-0.25, -0.2) is 0 Å². The Kier molecular flexibility index (Phi) is 10.2. The quantitative estimate of drug-likeness (QED) is 0.221. The van der Waals surface area contributed by atoms with Crippen molar-refractivity contribution in [2.75, 3.05) is 0 Å². The molecule has 0 atom stereocenters. The van der Waals surface area contributed by atoms with Crippen molar-refractivity contribution >= 4 is 25.7 Å². The number of hydrogen-bond donors (Lipinski definition) is 0. The maximum atomic E-state index is 6.95. The first-order valence-electron chi connectivity index (χ1n) is 9.87. The van der Waals surface area contributed by atoms with Crippen LogP contribution in [-0.2, 0) is 16.4 Å². The predicted octanol–water partition coefficient (Wildman–Crippen LogP) is 9.37. The minimum atomic E-state index is -3.94. The molecule has 0 radical (unpaired) electrons. The van der Waals surface area contributed by atoms with Gasteiger partial charge in [0.25, 0.3) is 0 Å². The van der Waals surface area contributed by atoms with Crippen LogP contribution in [0.4, 0.5) is 0 Å². The maximum absolute atomic E-state index is 6.95. The van der Waals surface area contributed by atoms with Gasteiger partial charge in [-0.1, -0.05) is 0 Å². The topological polar surface area (TPSA) is 0 Å². The van der Waals surface area contributed by atoms with Gasteiger partial charge in [0.2, 0.25) is 0 Å². The molecule has 4 heteroatoms. The van der Waals surface area contributed by atoms with Gasteiger partial charge < -0.3 is 0 Å². The van der Waals surface area contributed by atoms with Crippen LogP contribution in [0.5, 0.6) is 0 Å². The molecule has 1 aliphatic carbocycles. The Morgan fingerprint density at radius 3 is 1.25 bits per heavy atom. The first kappa shape index (κ1) is 23.3. The molecule has 0 fully saturated rings. The van der Waals surface area contributed by atoms with Crippen LogP contribution in [0, 0.1) is 0 Å². The molecule has 0 aliphatic heterocycles. The fraction of sp³-hybridized carbons (Fsp3) is 0.800. The van der Waals surface area contributed by atoms with Gasteiger partial charge in [-0.2, -0.15) is 0 Å². The third-order valence-electron chi connectivity index (χ3n) is 5.23. The molecule has 0 unspecified atom stereocenters.